The Balaban J connectivity index is 1.86. The number of hydrogen-bond donors (Lipinski definition) is 1. The second-order valence-electron chi connectivity index (χ2n) is 7.16. The van der Waals surface area contributed by atoms with Crippen LogP contribution in [0.25, 0.3) is 0 Å². The predicted molar refractivity (Wildman–Crippen MR) is 102 cm³/mol. The van der Waals surface area contributed by atoms with Crippen molar-refractivity contribution >= 4 is 17.6 Å². The maximum Gasteiger partial charge on any atom is 0.321 e. The van der Waals surface area contributed by atoms with Crippen molar-refractivity contribution < 1.29 is 9.59 Å². The van der Waals surface area contributed by atoms with Gasteiger partial charge in [0, 0.05) is 32.9 Å². The lowest BCUT2D eigenvalue weighted by molar-refractivity contribution is -0.127. The highest BCUT2D eigenvalue weighted by molar-refractivity contribution is 5.89. The molecule has 1 aromatic carbocycles. The van der Waals surface area contributed by atoms with E-state index in [0.29, 0.717) is 6.42 Å². The Morgan fingerprint density at radius 1 is 1.16 bits per heavy atom. The van der Waals surface area contributed by atoms with E-state index in [1.54, 1.807) is 19.0 Å². The third-order valence-electron chi connectivity index (χ3n) is 4.89. The number of hydrogen-bond acceptors (Lipinski definition) is 2. The Bertz CT molecular complexity index is 569. The van der Waals surface area contributed by atoms with Crippen molar-refractivity contribution in [2.45, 2.75) is 45.4 Å². The first-order valence-corrected chi connectivity index (χ1v) is 9.34. The number of likely N-dealkylation sites (N-methyl/N-ethyl adjacent to an activating group) is 1. The zero-order valence-corrected chi connectivity index (χ0v) is 15.8. The summed E-state index contributed by atoms with van der Waals surface area (Å²) in [6.07, 6.45) is 6.29. The molecule has 3 amide bonds. The molecular formula is C20H31N3O2. The van der Waals surface area contributed by atoms with Crippen LogP contribution in [0.3, 0.4) is 0 Å². The minimum absolute atomic E-state index is 0.0192. The van der Waals surface area contributed by atoms with Gasteiger partial charge in [0.2, 0.25) is 5.91 Å². The molecule has 1 heterocycles. The van der Waals surface area contributed by atoms with Gasteiger partial charge in [-0.1, -0.05) is 31.9 Å². The van der Waals surface area contributed by atoms with Gasteiger partial charge in [0.1, 0.15) is 0 Å². The van der Waals surface area contributed by atoms with Gasteiger partial charge in [0.15, 0.2) is 0 Å². The van der Waals surface area contributed by atoms with E-state index in [0.717, 1.165) is 43.1 Å². The van der Waals surface area contributed by atoms with Crippen LogP contribution in [0.15, 0.2) is 24.3 Å². The fraction of sp³-hybridized carbons (Fsp3) is 0.600. The van der Waals surface area contributed by atoms with Crippen molar-refractivity contribution in [1.29, 1.82) is 0 Å². The van der Waals surface area contributed by atoms with Crippen molar-refractivity contribution in [3.05, 3.63) is 29.8 Å². The number of carbonyl (C=O) groups is 2. The standard InChI is InChI=1S/C20H31N3O2/c1-4-6-16-7-5-13-23(14-12-16)20(25)21-18-10-8-17(9-11-18)15-19(24)22(2)3/h8-11,16H,4-7,12-15H2,1-3H3,(H,21,25). The Morgan fingerprint density at radius 3 is 2.52 bits per heavy atom. The highest BCUT2D eigenvalue weighted by Crippen LogP contribution is 2.22. The molecule has 5 heteroatoms. The molecule has 0 aromatic heterocycles. The molecule has 1 aliphatic rings. The number of benzene rings is 1. The van der Waals surface area contributed by atoms with Crippen LogP contribution in [-0.4, -0.2) is 48.9 Å². The summed E-state index contributed by atoms with van der Waals surface area (Å²) >= 11 is 0. The summed E-state index contributed by atoms with van der Waals surface area (Å²) in [6.45, 7) is 3.90. The molecule has 1 N–H and O–H groups in total. The SMILES string of the molecule is CCCC1CCCN(C(=O)Nc2ccc(CC(=O)N(C)C)cc2)CC1. The van der Waals surface area contributed by atoms with Gasteiger partial charge >= 0.3 is 6.03 Å². The fourth-order valence-corrected chi connectivity index (χ4v) is 3.31. The molecule has 0 aliphatic carbocycles. The largest absolute Gasteiger partial charge is 0.349 e. The van der Waals surface area contributed by atoms with E-state index in [1.807, 2.05) is 29.2 Å². The third kappa shape index (κ3) is 6.07. The number of carbonyl (C=O) groups excluding carboxylic acids is 2. The van der Waals surface area contributed by atoms with E-state index in [1.165, 1.54) is 19.3 Å². The Hall–Kier alpha value is -2.04. The number of nitrogens with one attached hydrogen (secondary N) is 1. The summed E-state index contributed by atoms with van der Waals surface area (Å²) in [6, 6.07) is 7.52. The normalized spacial score (nSPS) is 17.7. The van der Waals surface area contributed by atoms with E-state index in [2.05, 4.69) is 12.2 Å². The second kappa shape index (κ2) is 9.44. The lowest BCUT2D eigenvalue weighted by atomic mass is 9.96. The van der Waals surface area contributed by atoms with Gasteiger partial charge in [-0.25, -0.2) is 4.79 Å². The first kappa shape index (κ1) is 19.3. The molecule has 1 aromatic rings. The molecule has 0 spiro atoms. The molecule has 138 valence electrons. The lowest BCUT2D eigenvalue weighted by Crippen LogP contribution is -2.35. The molecule has 1 aliphatic heterocycles. The summed E-state index contributed by atoms with van der Waals surface area (Å²) in [4.78, 5) is 27.7. The number of urea groups is 1. The maximum atomic E-state index is 12.5. The summed E-state index contributed by atoms with van der Waals surface area (Å²) < 4.78 is 0. The zero-order valence-electron chi connectivity index (χ0n) is 15.8. The number of anilines is 1. The lowest BCUT2D eigenvalue weighted by Gasteiger charge is -2.21. The van der Waals surface area contributed by atoms with E-state index < -0.39 is 0 Å². The maximum absolute atomic E-state index is 12.5. The average molecular weight is 345 g/mol. The Kier molecular flexibility index (Phi) is 7.29. The van der Waals surface area contributed by atoms with Crippen molar-refractivity contribution in [3.63, 3.8) is 0 Å². The first-order chi connectivity index (χ1) is 12.0. The molecule has 5 nitrogen and oxygen atoms in total. The molecule has 1 fully saturated rings. The summed E-state index contributed by atoms with van der Waals surface area (Å²) in [5, 5.41) is 2.98. The Morgan fingerprint density at radius 2 is 1.88 bits per heavy atom. The number of likely N-dealkylation sites (tertiary alicyclic amines) is 1. The first-order valence-electron chi connectivity index (χ1n) is 9.34. The summed E-state index contributed by atoms with van der Waals surface area (Å²) in [7, 11) is 3.51. The van der Waals surface area contributed by atoms with Gasteiger partial charge in [-0.05, 0) is 42.9 Å². The molecular weight excluding hydrogens is 314 g/mol. The number of nitrogens with zero attached hydrogens (tertiary/aromatic N) is 2. The average Bonchev–Trinajstić information content (AvgIpc) is 2.82. The van der Waals surface area contributed by atoms with Crippen LogP contribution in [-0.2, 0) is 11.2 Å². The summed E-state index contributed by atoms with van der Waals surface area (Å²) in [5.74, 6) is 0.833. The highest BCUT2D eigenvalue weighted by atomic mass is 16.2. The molecule has 2 rings (SSSR count). The molecule has 0 saturated carbocycles. The third-order valence-corrected chi connectivity index (χ3v) is 4.89. The van der Waals surface area contributed by atoms with Gasteiger partial charge < -0.3 is 15.1 Å². The van der Waals surface area contributed by atoms with Crippen LogP contribution in [0.1, 0.15) is 44.6 Å². The van der Waals surface area contributed by atoms with E-state index >= 15 is 0 Å². The second-order valence-corrected chi connectivity index (χ2v) is 7.16. The van der Waals surface area contributed by atoms with E-state index in [-0.39, 0.29) is 11.9 Å². The summed E-state index contributed by atoms with van der Waals surface area (Å²) in [5.41, 5.74) is 1.73. The van der Waals surface area contributed by atoms with Crippen LogP contribution in [0, 0.1) is 5.92 Å². The van der Waals surface area contributed by atoms with Crippen molar-refractivity contribution in [1.82, 2.24) is 9.80 Å². The Labute approximate surface area is 151 Å². The molecule has 1 saturated heterocycles. The van der Waals surface area contributed by atoms with Crippen molar-refractivity contribution in [2.75, 3.05) is 32.5 Å². The topological polar surface area (TPSA) is 52.7 Å². The monoisotopic (exact) mass is 345 g/mol. The molecule has 1 atom stereocenters. The quantitative estimate of drug-likeness (QED) is 0.883. The fourth-order valence-electron chi connectivity index (χ4n) is 3.31. The number of amides is 3. The highest BCUT2D eigenvalue weighted by Gasteiger charge is 2.20. The van der Waals surface area contributed by atoms with E-state index in [9.17, 15) is 9.59 Å². The molecule has 0 radical (unpaired) electrons. The van der Waals surface area contributed by atoms with Gasteiger partial charge in [0.05, 0.1) is 6.42 Å². The molecule has 0 bridgehead atoms. The van der Waals surface area contributed by atoms with Crippen LogP contribution in [0.5, 0.6) is 0 Å². The van der Waals surface area contributed by atoms with Crippen LogP contribution in [0.4, 0.5) is 10.5 Å². The minimum atomic E-state index is -0.0192. The van der Waals surface area contributed by atoms with Gasteiger partial charge in [-0.15, -0.1) is 0 Å². The number of rotatable bonds is 5. The van der Waals surface area contributed by atoms with Crippen LogP contribution in [0.2, 0.25) is 0 Å². The predicted octanol–water partition coefficient (Wildman–Crippen LogP) is 3.75. The molecule has 1 unspecified atom stereocenters. The van der Waals surface area contributed by atoms with Gasteiger partial charge in [-0.3, -0.25) is 4.79 Å². The minimum Gasteiger partial charge on any atom is -0.349 e. The van der Waals surface area contributed by atoms with Crippen molar-refractivity contribution in [2.24, 2.45) is 5.92 Å². The molecule has 25 heavy (non-hydrogen) atoms. The van der Waals surface area contributed by atoms with Crippen LogP contribution < -0.4 is 5.32 Å². The van der Waals surface area contributed by atoms with E-state index in [4.69, 9.17) is 0 Å². The smallest absolute Gasteiger partial charge is 0.321 e. The van der Waals surface area contributed by atoms with Crippen LogP contribution >= 0.6 is 0 Å². The zero-order chi connectivity index (χ0) is 18.2. The van der Waals surface area contributed by atoms with Gasteiger partial charge in [0.25, 0.3) is 0 Å². The van der Waals surface area contributed by atoms with Crippen molar-refractivity contribution in [3.8, 4) is 0 Å². The van der Waals surface area contributed by atoms with Gasteiger partial charge in [-0.2, -0.15) is 0 Å².